The van der Waals surface area contributed by atoms with E-state index in [2.05, 4.69) is 35.3 Å². The van der Waals surface area contributed by atoms with E-state index in [-0.39, 0.29) is 6.04 Å². The summed E-state index contributed by atoms with van der Waals surface area (Å²) in [5.74, 6) is 0. The second-order valence-corrected chi connectivity index (χ2v) is 4.85. The van der Waals surface area contributed by atoms with Crippen LogP contribution < -0.4 is 10.2 Å². The van der Waals surface area contributed by atoms with Crippen molar-refractivity contribution in [2.45, 2.75) is 32.0 Å². The van der Waals surface area contributed by atoms with Crippen LogP contribution in [0.5, 0.6) is 0 Å². The summed E-state index contributed by atoms with van der Waals surface area (Å²) in [5.41, 5.74) is 4.00. The molecule has 3 heteroatoms. The number of benzene rings is 1. The Morgan fingerprint density at radius 1 is 1.44 bits per heavy atom. The summed E-state index contributed by atoms with van der Waals surface area (Å²) in [7, 11) is 0. The Morgan fingerprint density at radius 2 is 2.31 bits per heavy atom. The van der Waals surface area contributed by atoms with Crippen LogP contribution in [0.1, 0.15) is 17.5 Å². The molecular weight excluding hydrogens is 200 g/mol. The lowest BCUT2D eigenvalue weighted by Crippen LogP contribution is -2.46. The Labute approximate surface area is 96.1 Å². The molecule has 1 fully saturated rings. The van der Waals surface area contributed by atoms with Gasteiger partial charge in [-0.15, -0.1) is 0 Å². The second kappa shape index (κ2) is 3.75. The maximum Gasteiger partial charge on any atom is 0.125 e. The van der Waals surface area contributed by atoms with Gasteiger partial charge in [0.2, 0.25) is 0 Å². The molecule has 0 bridgehead atoms. The molecule has 1 aromatic carbocycles. The first-order valence-corrected chi connectivity index (χ1v) is 6.03. The van der Waals surface area contributed by atoms with Crippen molar-refractivity contribution in [1.82, 2.24) is 5.32 Å². The molecule has 1 aromatic rings. The first-order chi connectivity index (χ1) is 7.75. The minimum Gasteiger partial charge on any atom is -0.376 e. The van der Waals surface area contributed by atoms with Crippen LogP contribution in [0.4, 0.5) is 5.69 Å². The van der Waals surface area contributed by atoms with Crippen molar-refractivity contribution in [3.8, 4) is 0 Å². The Morgan fingerprint density at radius 3 is 3.19 bits per heavy atom. The number of aliphatic hydroxyl groups excluding tert-OH is 1. The molecule has 2 unspecified atom stereocenters. The molecule has 2 heterocycles. The molecule has 0 amide bonds. The summed E-state index contributed by atoms with van der Waals surface area (Å²) in [5, 5.41) is 13.2. The Hall–Kier alpha value is -1.06. The largest absolute Gasteiger partial charge is 0.376 e. The summed E-state index contributed by atoms with van der Waals surface area (Å²) in [6.45, 7) is 4.08. The first-order valence-electron chi connectivity index (χ1n) is 6.03. The fourth-order valence-electron chi connectivity index (χ4n) is 2.88. The second-order valence-electron chi connectivity index (χ2n) is 4.85. The van der Waals surface area contributed by atoms with E-state index < -0.39 is 6.23 Å². The van der Waals surface area contributed by atoms with Gasteiger partial charge in [-0.2, -0.15) is 0 Å². The van der Waals surface area contributed by atoms with E-state index in [1.54, 1.807) is 0 Å². The van der Waals surface area contributed by atoms with Gasteiger partial charge in [0.05, 0.1) is 6.04 Å². The van der Waals surface area contributed by atoms with Crippen molar-refractivity contribution in [3.05, 3.63) is 29.3 Å². The van der Waals surface area contributed by atoms with Crippen molar-refractivity contribution in [2.24, 2.45) is 0 Å². The topological polar surface area (TPSA) is 35.5 Å². The molecule has 3 nitrogen and oxygen atoms in total. The van der Waals surface area contributed by atoms with E-state index in [1.165, 1.54) is 16.8 Å². The van der Waals surface area contributed by atoms with E-state index >= 15 is 0 Å². The monoisotopic (exact) mass is 218 g/mol. The van der Waals surface area contributed by atoms with Crippen LogP contribution >= 0.6 is 0 Å². The van der Waals surface area contributed by atoms with Gasteiger partial charge in [0.25, 0.3) is 0 Å². The van der Waals surface area contributed by atoms with Gasteiger partial charge < -0.3 is 10.0 Å². The average molecular weight is 218 g/mol. The van der Waals surface area contributed by atoms with Crippen molar-refractivity contribution >= 4 is 5.69 Å². The fourth-order valence-corrected chi connectivity index (χ4v) is 2.88. The van der Waals surface area contributed by atoms with Crippen LogP contribution in [0.3, 0.4) is 0 Å². The van der Waals surface area contributed by atoms with Crippen molar-refractivity contribution in [2.75, 3.05) is 18.0 Å². The van der Waals surface area contributed by atoms with Crippen molar-refractivity contribution < 1.29 is 5.11 Å². The molecule has 2 aliphatic heterocycles. The molecule has 86 valence electrons. The van der Waals surface area contributed by atoms with Crippen molar-refractivity contribution in [1.29, 1.82) is 0 Å². The zero-order valence-corrected chi connectivity index (χ0v) is 9.61. The van der Waals surface area contributed by atoms with Crippen LogP contribution in [0.15, 0.2) is 18.2 Å². The zero-order chi connectivity index (χ0) is 11.1. The molecule has 2 atom stereocenters. The summed E-state index contributed by atoms with van der Waals surface area (Å²) in [6.07, 6.45) is 1.67. The molecule has 16 heavy (non-hydrogen) atoms. The fraction of sp³-hybridized carbons (Fsp3) is 0.538. The number of aliphatic hydroxyl groups is 1. The number of rotatable bonds is 0. The average Bonchev–Trinajstić information content (AvgIpc) is 2.52. The van der Waals surface area contributed by atoms with Crippen LogP contribution in [0, 0.1) is 6.92 Å². The lowest BCUT2D eigenvalue weighted by Gasteiger charge is -2.27. The highest BCUT2D eigenvalue weighted by atomic mass is 16.3. The van der Waals surface area contributed by atoms with Crippen LogP contribution in [0.25, 0.3) is 0 Å². The number of fused-ring (bicyclic) bond motifs is 3. The number of anilines is 1. The molecule has 1 saturated heterocycles. The van der Waals surface area contributed by atoms with Crippen molar-refractivity contribution in [3.63, 3.8) is 0 Å². The van der Waals surface area contributed by atoms with Gasteiger partial charge in [0.15, 0.2) is 0 Å². The van der Waals surface area contributed by atoms with E-state index in [0.717, 1.165) is 25.9 Å². The van der Waals surface area contributed by atoms with Gasteiger partial charge in [-0.05, 0) is 37.9 Å². The van der Waals surface area contributed by atoms with Crippen LogP contribution in [0.2, 0.25) is 0 Å². The summed E-state index contributed by atoms with van der Waals surface area (Å²) >= 11 is 0. The third kappa shape index (κ3) is 1.51. The lowest BCUT2D eigenvalue weighted by atomic mass is 10.1. The maximum atomic E-state index is 10.0. The molecule has 0 aliphatic carbocycles. The molecule has 2 aliphatic rings. The molecule has 0 spiro atoms. The normalized spacial score (nSPS) is 28.5. The highest BCUT2D eigenvalue weighted by molar-refractivity contribution is 5.60. The van der Waals surface area contributed by atoms with Gasteiger partial charge in [-0.1, -0.05) is 17.7 Å². The summed E-state index contributed by atoms with van der Waals surface area (Å²) < 4.78 is 0. The Kier molecular flexibility index (Phi) is 2.37. The highest BCUT2D eigenvalue weighted by Crippen LogP contribution is 2.34. The van der Waals surface area contributed by atoms with E-state index in [0.29, 0.717) is 0 Å². The number of hydrogen-bond acceptors (Lipinski definition) is 3. The van der Waals surface area contributed by atoms with E-state index in [9.17, 15) is 5.11 Å². The lowest BCUT2D eigenvalue weighted by molar-refractivity contribution is 0.116. The quantitative estimate of drug-likeness (QED) is 0.683. The summed E-state index contributed by atoms with van der Waals surface area (Å²) in [6, 6.07) is 6.82. The van der Waals surface area contributed by atoms with E-state index in [1.807, 2.05) is 0 Å². The van der Waals surface area contributed by atoms with Gasteiger partial charge >= 0.3 is 0 Å². The first kappa shape index (κ1) is 10.1. The predicted octanol–water partition coefficient (Wildman–Crippen LogP) is 1.04. The van der Waals surface area contributed by atoms with Gasteiger partial charge in [0, 0.05) is 12.2 Å². The third-order valence-electron chi connectivity index (χ3n) is 3.67. The Balaban J connectivity index is 1.98. The number of aryl methyl sites for hydroxylation is 1. The molecule has 2 N–H and O–H groups in total. The molecule has 0 radical (unpaired) electrons. The predicted molar refractivity (Wildman–Crippen MR) is 64.6 cm³/mol. The zero-order valence-electron chi connectivity index (χ0n) is 9.61. The molecule has 3 rings (SSSR count). The maximum absolute atomic E-state index is 10.0. The smallest absolute Gasteiger partial charge is 0.125 e. The standard InChI is InChI=1S/C13H18N2O/c1-9-3-4-11-10(7-9)8-12-13(16)14-5-2-6-15(11)12/h3-4,7,12-14,16H,2,5-6,8H2,1H3. The number of hydrogen-bond donors (Lipinski definition) is 2. The number of nitrogens with one attached hydrogen (secondary N) is 1. The van der Waals surface area contributed by atoms with Gasteiger partial charge in [-0.25, -0.2) is 0 Å². The minimum atomic E-state index is -0.393. The molecule has 0 aromatic heterocycles. The molecular formula is C13H18N2O. The van der Waals surface area contributed by atoms with Gasteiger partial charge in [-0.3, -0.25) is 5.32 Å². The third-order valence-corrected chi connectivity index (χ3v) is 3.67. The van der Waals surface area contributed by atoms with Crippen LogP contribution in [-0.4, -0.2) is 30.5 Å². The summed E-state index contributed by atoms with van der Waals surface area (Å²) in [4.78, 5) is 2.36. The molecule has 0 saturated carbocycles. The minimum absolute atomic E-state index is 0.222. The highest BCUT2D eigenvalue weighted by Gasteiger charge is 2.35. The van der Waals surface area contributed by atoms with E-state index in [4.69, 9.17) is 0 Å². The number of nitrogens with zero attached hydrogens (tertiary/aromatic N) is 1. The van der Waals surface area contributed by atoms with Gasteiger partial charge in [0.1, 0.15) is 6.23 Å². The Bertz CT molecular complexity index is 405. The SMILES string of the molecule is Cc1ccc2c(c1)CC1C(O)NCCCN21. The van der Waals surface area contributed by atoms with Crippen LogP contribution in [-0.2, 0) is 6.42 Å².